The molecular weight excluding hydrogens is 178 g/mol. The summed E-state index contributed by atoms with van der Waals surface area (Å²) in [5, 5.41) is 0. The minimum Gasteiger partial charge on any atom is -0.260 e. The van der Waals surface area contributed by atoms with E-state index in [1.807, 2.05) is 18.2 Å². The van der Waals surface area contributed by atoms with Gasteiger partial charge in [0.25, 0.3) is 0 Å². The van der Waals surface area contributed by atoms with Gasteiger partial charge in [0.2, 0.25) is 6.08 Å². The summed E-state index contributed by atoms with van der Waals surface area (Å²) in [6, 6.07) is 7.26. The predicted octanol–water partition coefficient (Wildman–Crippen LogP) is 1.81. The Morgan fingerprint density at radius 2 is 1.93 bits per heavy atom. The Morgan fingerprint density at radius 3 is 2.64 bits per heavy atom. The van der Waals surface area contributed by atoms with Crippen molar-refractivity contribution in [2.45, 2.75) is 6.17 Å². The van der Waals surface area contributed by atoms with Crippen molar-refractivity contribution in [2.75, 3.05) is 0 Å². The summed E-state index contributed by atoms with van der Waals surface area (Å²) < 4.78 is 0. The Hall–Kier alpha value is -2.06. The highest BCUT2D eigenvalue weighted by molar-refractivity contribution is 6.17. The largest absolute Gasteiger partial charge is 0.260 e. The van der Waals surface area contributed by atoms with Crippen molar-refractivity contribution < 1.29 is 4.79 Å². The molecule has 0 saturated heterocycles. The van der Waals surface area contributed by atoms with Gasteiger partial charge in [0.05, 0.1) is 5.69 Å². The van der Waals surface area contributed by atoms with Crippen LogP contribution in [0.4, 0.5) is 5.69 Å². The number of para-hydroxylation sites is 1. The maximum Gasteiger partial charge on any atom is 0.240 e. The first-order chi connectivity index (χ1) is 6.92. The van der Waals surface area contributed by atoms with Crippen LogP contribution in [-0.4, -0.2) is 18.5 Å². The quantitative estimate of drug-likeness (QED) is 0.512. The van der Waals surface area contributed by atoms with Crippen LogP contribution < -0.4 is 0 Å². The zero-order chi connectivity index (χ0) is 9.80. The van der Waals surface area contributed by atoms with Crippen LogP contribution >= 0.6 is 0 Å². The lowest BCUT2D eigenvalue weighted by Crippen LogP contribution is -1.88. The summed E-state index contributed by atoms with van der Waals surface area (Å²) in [4.78, 5) is 22.0. The minimum atomic E-state index is -0.261. The Labute approximate surface area is 80.7 Å². The van der Waals surface area contributed by atoms with Gasteiger partial charge in [-0.15, -0.1) is 0 Å². The SMILES string of the molecule is O=C=Nc1ccccc1C1N=CC=N1. The van der Waals surface area contributed by atoms with Gasteiger partial charge >= 0.3 is 0 Å². The molecule has 1 aliphatic rings. The number of aliphatic imine (C=N–C) groups is 3. The van der Waals surface area contributed by atoms with Crippen LogP contribution in [0.15, 0.2) is 39.2 Å². The molecule has 14 heavy (non-hydrogen) atoms. The molecule has 0 saturated carbocycles. The van der Waals surface area contributed by atoms with E-state index in [1.54, 1.807) is 18.5 Å². The van der Waals surface area contributed by atoms with Gasteiger partial charge in [-0.25, -0.2) is 4.79 Å². The molecule has 1 aliphatic heterocycles. The summed E-state index contributed by atoms with van der Waals surface area (Å²) in [6.07, 6.45) is 4.52. The van der Waals surface area contributed by atoms with Gasteiger partial charge in [-0.1, -0.05) is 18.2 Å². The van der Waals surface area contributed by atoms with Gasteiger partial charge in [0, 0.05) is 18.0 Å². The van der Waals surface area contributed by atoms with Crippen LogP contribution in [0.5, 0.6) is 0 Å². The molecule has 0 spiro atoms. The number of carbonyl (C=O) groups excluding carboxylic acids is 1. The van der Waals surface area contributed by atoms with Crippen molar-refractivity contribution >= 4 is 24.2 Å². The molecule has 0 unspecified atom stereocenters. The third-order valence-corrected chi connectivity index (χ3v) is 1.90. The lowest BCUT2D eigenvalue weighted by atomic mass is 10.1. The van der Waals surface area contributed by atoms with E-state index in [1.165, 1.54) is 6.08 Å². The smallest absolute Gasteiger partial charge is 0.240 e. The molecule has 0 aliphatic carbocycles. The zero-order valence-corrected chi connectivity index (χ0v) is 7.29. The molecule has 0 atom stereocenters. The van der Waals surface area contributed by atoms with Crippen LogP contribution in [0.25, 0.3) is 0 Å². The highest BCUT2D eigenvalue weighted by atomic mass is 16.1. The van der Waals surface area contributed by atoms with Crippen molar-refractivity contribution in [1.29, 1.82) is 0 Å². The van der Waals surface area contributed by atoms with E-state index in [9.17, 15) is 4.79 Å². The van der Waals surface area contributed by atoms with Gasteiger partial charge < -0.3 is 0 Å². The van der Waals surface area contributed by atoms with Crippen molar-refractivity contribution in [3.8, 4) is 0 Å². The number of isocyanates is 1. The molecule has 0 radical (unpaired) electrons. The molecule has 1 aromatic rings. The van der Waals surface area contributed by atoms with Gasteiger partial charge in [-0.3, -0.25) is 9.98 Å². The van der Waals surface area contributed by atoms with Gasteiger partial charge in [-0.05, 0) is 6.07 Å². The molecule has 4 heteroatoms. The second-order valence-electron chi connectivity index (χ2n) is 2.73. The standard InChI is InChI=1S/C10H7N3O/c14-7-13-9-4-2-1-3-8(9)10-11-5-6-12-10/h1-6,10H. The van der Waals surface area contributed by atoms with E-state index in [0.717, 1.165) is 5.56 Å². The normalized spacial score (nSPS) is 14.3. The summed E-state index contributed by atoms with van der Waals surface area (Å²) in [5.74, 6) is 0. The molecule has 1 aromatic carbocycles. The Morgan fingerprint density at radius 1 is 1.21 bits per heavy atom. The van der Waals surface area contributed by atoms with Crippen LogP contribution in [0.3, 0.4) is 0 Å². The van der Waals surface area contributed by atoms with Crippen LogP contribution in [0.1, 0.15) is 11.7 Å². The highest BCUT2D eigenvalue weighted by Gasteiger charge is 2.12. The van der Waals surface area contributed by atoms with E-state index in [0.29, 0.717) is 5.69 Å². The Kier molecular flexibility index (Phi) is 2.30. The fourth-order valence-corrected chi connectivity index (χ4v) is 1.30. The van der Waals surface area contributed by atoms with E-state index in [-0.39, 0.29) is 6.17 Å². The number of hydrogen-bond acceptors (Lipinski definition) is 4. The predicted molar refractivity (Wildman–Crippen MR) is 53.9 cm³/mol. The zero-order valence-electron chi connectivity index (χ0n) is 7.29. The number of hydrogen-bond donors (Lipinski definition) is 0. The van der Waals surface area contributed by atoms with Crippen molar-refractivity contribution in [2.24, 2.45) is 15.0 Å². The Bertz CT molecular complexity index is 432. The molecule has 1 heterocycles. The van der Waals surface area contributed by atoms with Gasteiger partial charge in [0.1, 0.15) is 0 Å². The monoisotopic (exact) mass is 185 g/mol. The fraction of sp³-hybridized carbons (Fsp3) is 0.100. The first-order valence-electron chi connectivity index (χ1n) is 4.13. The lowest BCUT2D eigenvalue weighted by Gasteiger charge is -2.06. The fourth-order valence-electron chi connectivity index (χ4n) is 1.30. The van der Waals surface area contributed by atoms with E-state index in [4.69, 9.17) is 0 Å². The first kappa shape index (κ1) is 8.53. The number of nitrogens with zero attached hydrogens (tertiary/aromatic N) is 3. The molecule has 0 bridgehead atoms. The minimum absolute atomic E-state index is 0.261. The summed E-state index contributed by atoms with van der Waals surface area (Å²) >= 11 is 0. The molecule has 0 N–H and O–H groups in total. The summed E-state index contributed by atoms with van der Waals surface area (Å²) in [5.41, 5.74) is 1.39. The molecule has 0 fully saturated rings. The molecule has 4 nitrogen and oxygen atoms in total. The Balaban J connectivity index is 2.45. The topological polar surface area (TPSA) is 54.1 Å². The van der Waals surface area contributed by atoms with Crippen LogP contribution in [0, 0.1) is 0 Å². The average molecular weight is 185 g/mol. The highest BCUT2D eigenvalue weighted by Crippen LogP contribution is 2.29. The third kappa shape index (κ3) is 1.51. The molecular formula is C10H7N3O. The van der Waals surface area contributed by atoms with Gasteiger partial charge in [-0.2, -0.15) is 4.99 Å². The second kappa shape index (κ2) is 3.77. The maximum atomic E-state index is 10.2. The summed E-state index contributed by atoms with van der Waals surface area (Å²) in [6.45, 7) is 0. The van der Waals surface area contributed by atoms with Crippen molar-refractivity contribution in [3.63, 3.8) is 0 Å². The van der Waals surface area contributed by atoms with E-state index >= 15 is 0 Å². The second-order valence-corrected chi connectivity index (χ2v) is 2.73. The van der Waals surface area contributed by atoms with Crippen LogP contribution in [0.2, 0.25) is 0 Å². The molecule has 0 amide bonds. The maximum absolute atomic E-state index is 10.2. The number of rotatable bonds is 2. The summed E-state index contributed by atoms with van der Waals surface area (Å²) in [7, 11) is 0. The molecule has 2 rings (SSSR count). The van der Waals surface area contributed by atoms with Crippen LogP contribution in [-0.2, 0) is 4.79 Å². The number of benzene rings is 1. The molecule has 0 aromatic heterocycles. The first-order valence-corrected chi connectivity index (χ1v) is 4.13. The van der Waals surface area contributed by atoms with E-state index in [2.05, 4.69) is 15.0 Å². The van der Waals surface area contributed by atoms with E-state index < -0.39 is 0 Å². The van der Waals surface area contributed by atoms with Crippen molar-refractivity contribution in [3.05, 3.63) is 29.8 Å². The van der Waals surface area contributed by atoms with Crippen molar-refractivity contribution in [1.82, 2.24) is 0 Å². The third-order valence-electron chi connectivity index (χ3n) is 1.90. The molecule has 68 valence electrons. The lowest BCUT2D eigenvalue weighted by molar-refractivity contribution is 0.565. The van der Waals surface area contributed by atoms with Gasteiger partial charge in [0.15, 0.2) is 6.17 Å². The average Bonchev–Trinajstić information content (AvgIpc) is 2.72.